The molecule has 0 bridgehead atoms. The first-order chi connectivity index (χ1) is 8.68. The van der Waals surface area contributed by atoms with Gasteiger partial charge >= 0.3 is 0 Å². The van der Waals surface area contributed by atoms with Crippen molar-refractivity contribution in [3.63, 3.8) is 0 Å². The van der Waals surface area contributed by atoms with E-state index >= 15 is 0 Å². The van der Waals surface area contributed by atoms with Crippen molar-refractivity contribution in [2.75, 3.05) is 13.1 Å². The van der Waals surface area contributed by atoms with E-state index in [1.54, 1.807) is 28.7 Å². The van der Waals surface area contributed by atoms with Crippen LogP contribution in [0.4, 0.5) is 0 Å². The summed E-state index contributed by atoms with van der Waals surface area (Å²) in [5.41, 5.74) is 0.854. The average molecular weight is 265 g/mol. The molecule has 0 radical (unpaired) electrons. The number of aromatic nitrogens is 2. The maximum atomic E-state index is 12.4. The molecule has 0 aliphatic carbocycles. The minimum atomic E-state index is -3.34. The Hall–Kier alpha value is -1.40. The molecule has 0 spiro atoms. The number of benzene rings is 1. The molecule has 1 fully saturated rings. The highest BCUT2D eigenvalue weighted by Gasteiger charge is 2.25. The van der Waals surface area contributed by atoms with Crippen molar-refractivity contribution < 1.29 is 8.42 Å². The van der Waals surface area contributed by atoms with E-state index in [2.05, 4.69) is 10.2 Å². The predicted molar refractivity (Wildman–Crippen MR) is 68.7 cm³/mol. The van der Waals surface area contributed by atoms with Crippen molar-refractivity contribution in [3.8, 4) is 0 Å². The van der Waals surface area contributed by atoms with Gasteiger partial charge in [-0.2, -0.15) is 9.40 Å². The highest BCUT2D eigenvalue weighted by Crippen LogP contribution is 2.23. The van der Waals surface area contributed by atoms with Gasteiger partial charge in [0.25, 0.3) is 0 Å². The van der Waals surface area contributed by atoms with Crippen LogP contribution in [0.1, 0.15) is 19.3 Å². The van der Waals surface area contributed by atoms with Gasteiger partial charge < -0.3 is 0 Å². The van der Waals surface area contributed by atoms with E-state index in [1.807, 2.05) is 0 Å². The van der Waals surface area contributed by atoms with Crippen molar-refractivity contribution >= 4 is 20.9 Å². The fraction of sp³-hybridized carbons (Fsp3) is 0.417. The van der Waals surface area contributed by atoms with E-state index in [0.717, 1.165) is 30.2 Å². The molecule has 5 nitrogen and oxygen atoms in total. The van der Waals surface area contributed by atoms with Crippen molar-refractivity contribution in [1.82, 2.24) is 14.5 Å². The van der Waals surface area contributed by atoms with Gasteiger partial charge in [0.2, 0.25) is 10.0 Å². The summed E-state index contributed by atoms with van der Waals surface area (Å²) in [5, 5.41) is 7.55. The number of hydrogen-bond donors (Lipinski definition) is 1. The normalized spacial score (nSPS) is 18.2. The van der Waals surface area contributed by atoms with Crippen LogP contribution in [0.3, 0.4) is 0 Å². The molecule has 0 amide bonds. The van der Waals surface area contributed by atoms with Gasteiger partial charge in [0.1, 0.15) is 0 Å². The number of aromatic amines is 1. The molecule has 1 aromatic heterocycles. The molecule has 2 heterocycles. The molecule has 1 aliphatic rings. The quantitative estimate of drug-likeness (QED) is 0.899. The monoisotopic (exact) mass is 265 g/mol. The summed E-state index contributed by atoms with van der Waals surface area (Å²) < 4.78 is 26.5. The number of fused-ring (bicyclic) bond motifs is 1. The first-order valence-electron chi connectivity index (χ1n) is 6.11. The summed E-state index contributed by atoms with van der Waals surface area (Å²) in [5.74, 6) is 0. The van der Waals surface area contributed by atoms with Crippen molar-refractivity contribution in [1.29, 1.82) is 0 Å². The van der Waals surface area contributed by atoms with Gasteiger partial charge in [-0.3, -0.25) is 5.10 Å². The lowest BCUT2D eigenvalue weighted by atomic mass is 10.2. The smallest absolute Gasteiger partial charge is 0.243 e. The third-order valence-electron chi connectivity index (χ3n) is 3.36. The third-order valence-corrected chi connectivity index (χ3v) is 5.26. The van der Waals surface area contributed by atoms with Gasteiger partial charge in [0.05, 0.1) is 16.6 Å². The number of H-pyrrole nitrogens is 1. The van der Waals surface area contributed by atoms with E-state index in [-0.39, 0.29) is 0 Å². The van der Waals surface area contributed by atoms with Crippen LogP contribution in [0.15, 0.2) is 29.3 Å². The molecule has 0 unspecified atom stereocenters. The third kappa shape index (κ3) is 1.91. The zero-order chi connectivity index (χ0) is 12.6. The molecule has 1 aromatic carbocycles. The summed E-state index contributed by atoms with van der Waals surface area (Å²) >= 11 is 0. The zero-order valence-electron chi connectivity index (χ0n) is 9.96. The molecule has 1 aliphatic heterocycles. The van der Waals surface area contributed by atoms with Crippen LogP contribution in [-0.2, 0) is 10.0 Å². The minimum Gasteiger partial charge on any atom is -0.278 e. The second-order valence-electron chi connectivity index (χ2n) is 4.58. The molecule has 2 aromatic rings. The zero-order valence-corrected chi connectivity index (χ0v) is 10.8. The summed E-state index contributed by atoms with van der Waals surface area (Å²) in [6.45, 7) is 1.26. The fourth-order valence-electron chi connectivity index (χ4n) is 2.34. The number of nitrogens with zero attached hydrogens (tertiary/aromatic N) is 2. The van der Waals surface area contributed by atoms with Crippen LogP contribution in [0.5, 0.6) is 0 Å². The molecule has 0 atom stereocenters. The molecular formula is C12H15N3O2S. The lowest BCUT2D eigenvalue weighted by Gasteiger charge is -2.25. The molecule has 3 rings (SSSR count). The first-order valence-corrected chi connectivity index (χ1v) is 7.55. The summed E-state index contributed by atoms with van der Waals surface area (Å²) in [6.07, 6.45) is 4.66. The SMILES string of the molecule is O=S(=O)(c1ccc2[nH]ncc2c1)N1CCCCC1. The number of piperidine rings is 1. The van der Waals surface area contributed by atoms with Crippen LogP contribution >= 0.6 is 0 Å². The second kappa shape index (κ2) is 4.37. The van der Waals surface area contributed by atoms with Crippen LogP contribution < -0.4 is 0 Å². The van der Waals surface area contributed by atoms with Crippen molar-refractivity contribution in [2.24, 2.45) is 0 Å². The Morgan fingerprint density at radius 2 is 1.94 bits per heavy atom. The highest BCUT2D eigenvalue weighted by atomic mass is 32.2. The van der Waals surface area contributed by atoms with E-state index in [4.69, 9.17) is 0 Å². The molecule has 1 saturated heterocycles. The standard InChI is InChI=1S/C12H15N3O2S/c16-18(17,15-6-2-1-3-7-15)11-4-5-12-10(8-11)9-13-14-12/h4-5,8-9H,1-3,6-7H2,(H,13,14). The lowest BCUT2D eigenvalue weighted by molar-refractivity contribution is 0.346. The Kier molecular flexibility index (Phi) is 2.83. The lowest BCUT2D eigenvalue weighted by Crippen LogP contribution is -2.35. The first kappa shape index (κ1) is 11.7. The van der Waals surface area contributed by atoms with Crippen molar-refractivity contribution in [3.05, 3.63) is 24.4 Å². The van der Waals surface area contributed by atoms with Gasteiger partial charge in [0, 0.05) is 18.5 Å². The van der Waals surface area contributed by atoms with Gasteiger partial charge in [-0.25, -0.2) is 8.42 Å². The molecule has 96 valence electrons. The molecule has 1 N–H and O–H groups in total. The van der Waals surface area contributed by atoms with E-state index in [9.17, 15) is 8.42 Å². The Bertz CT molecular complexity index is 657. The number of rotatable bonds is 2. The van der Waals surface area contributed by atoms with Crippen LogP contribution in [0.25, 0.3) is 10.9 Å². The van der Waals surface area contributed by atoms with Gasteiger partial charge in [0.15, 0.2) is 0 Å². The minimum absolute atomic E-state index is 0.360. The van der Waals surface area contributed by atoms with Crippen LogP contribution in [-0.4, -0.2) is 36.0 Å². The van der Waals surface area contributed by atoms with Gasteiger partial charge in [-0.05, 0) is 31.0 Å². The predicted octanol–water partition coefficient (Wildman–Crippen LogP) is 1.74. The largest absolute Gasteiger partial charge is 0.278 e. The van der Waals surface area contributed by atoms with Gasteiger partial charge in [-0.1, -0.05) is 6.42 Å². The Morgan fingerprint density at radius 1 is 1.17 bits per heavy atom. The topological polar surface area (TPSA) is 66.1 Å². The summed E-state index contributed by atoms with van der Waals surface area (Å²) in [4.78, 5) is 0.360. The fourth-order valence-corrected chi connectivity index (χ4v) is 3.89. The Labute approximate surface area is 106 Å². The Morgan fingerprint density at radius 3 is 2.72 bits per heavy atom. The van der Waals surface area contributed by atoms with E-state index in [1.165, 1.54) is 0 Å². The summed E-state index contributed by atoms with van der Waals surface area (Å²) in [7, 11) is -3.34. The molecule has 0 saturated carbocycles. The second-order valence-corrected chi connectivity index (χ2v) is 6.52. The van der Waals surface area contributed by atoms with E-state index < -0.39 is 10.0 Å². The number of nitrogens with one attached hydrogen (secondary N) is 1. The van der Waals surface area contributed by atoms with Crippen molar-refractivity contribution in [2.45, 2.75) is 24.2 Å². The molecule has 6 heteroatoms. The van der Waals surface area contributed by atoms with Crippen LogP contribution in [0, 0.1) is 0 Å². The van der Waals surface area contributed by atoms with E-state index in [0.29, 0.717) is 18.0 Å². The summed E-state index contributed by atoms with van der Waals surface area (Å²) in [6, 6.07) is 5.09. The van der Waals surface area contributed by atoms with Crippen LogP contribution in [0.2, 0.25) is 0 Å². The molecule has 18 heavy (non-hydrogen) atoms. The number of hydrogen-bond acceptors (Lipinski definition) is 3. The highest BCUT2D eigenvalue weighted by molar-refractivity contribution is 7.89. The maximum Gasteiger partial charge on any atom is 0.243 e. The van der Waals surface area contributed by atoms with Gasteiger partial charge in [-0.15, -0.1) is 0 Å². The Balaban J connectivity index is 2.01. The molecular weight excluding hydrogens is 250 g/mol. The number of sulfonamides is 1. The average Bonchev–Trinajstić information content (AvgIpc) is 2.87. The maximum absolute atomic E-state index is 12.4.